The summed E-state index contributed by atoms with van der Waals surface area (Å²) in [5.74, 6) is 0.391. The van der Waals surface area contributed by atoms with Crippen LogP contribution in [0.2, 0.25) is 5.02 Å². The van der Waals surface area contributed by atoms with Crippen LogP contribution in [-0.2, 0) is 4.57 Å². The lowest BCUT2D eigenvalue weighted by molar-refractivity contribution is 0.103. The molecule has 0 aromatic heterocycles. The molecule has 3 aromatic carbocycles. The van der Waals surface area contributed by atoms with Gasteiger partial charge in [-0.25, -0.2) is 0 Å². The van der Waals surface area contributed by atoms with Crippen LogP contribution in [0.4, 0.5) is 0 Å². The first-order chi connectivity index (χ1) is 16.9. The summed E-state index contributed by atoms with van der Waals surface area (Å²) in [6.45, 7) is 12.2. The zero-order chi connectivity index (χ0) is 26.8. The van der Waals surface area contributed by atoms with Crippen molar-refractivity contribution < 1.29 is 18.9 Å². The van der Waals surface area contributed by atoms with Crippen LogP contribution in [0.3, 0.4) is 0 Å². The minimum absolute atomic E-state index is 0.0191. The third-order valence-electron chi connectivity index (χ3n) is 6.45. The summed E-state index contributed by atoms with van der Waals surface area (Å²) in [4.78, 5) is 28.7. The maximum atomic E-state index is 15.0. The molecule has 36 heavy (non-hydrogen) atoms. The van der Waals surface area contributed by atoms with Gasteiger partial charge < -0.3 is 9.30 Å². The van der Waals surface area contributed by atoms with Crippen molar-refractivity contribution in [1.29, 1.82) is 0 Å². The van der Waals surface area contributed by atoms with E-state index in [1.807, 2.05) is 39.8 Å². The molecule has 1 atom stereocenters. The molecule has 0 amide bonds. The number of carbonyl (C=O) groups excluding carboxylic acids is 2. The minimum Gasteiger partial charge on any atom is -0.496 e. The molecule has 0 spiro atoms. The lowest BCUT2D eigenvalue weighted by atomic mass is 9.85. The molecular weight excluding hydrogens is 491 g/mol. The Hall–Kier alpha value is -2.68. The van der Waals surface area contributed by atoms with E-state index in [9.17, 15) is 14.2 Å². The average Bonchev–Trinajstić information content (AvgIpc) is 2.86. The Morgan fingerprint density at radius 3 is 1.75 bits per heavy atom. The van der Waals surface area contributed by atoms with Gasteiger partial charge in [0.2, 0.25) is 18.2 Å². The van der Waals surface area contributed by atoms with Gasteiger partial charge in [0.15, 0.2) is 0 Å². The number of methoxy groups -OCH3 is 1. The first-order valence-electron chi connectivity index (χ1n) is 12.2. The van der Waals surface area contributed by atoms with Gasteiger partial charge in [-0.15, -0.1) is 0 Å². The number of hydrogen-bond donors (Lipinski definition) is 0. The number of rotatable bonds is 9. The van der Waals surface area contributed by atoms with Gasteiger partial charge in [0.1, 0.15) is 5.75 Å². The van der Waals surface area contributed by atoms with E-state index in [-0.39, 0.29) is 39.4 Å². The molecule has 4 nitrogen and oxygen atoms in total. The summed E-state index contributed by atoms with van der Waals surface area (Å²) >= 11 is 6.43. The molecule has 0 aliphatic rings. The summed E-state index contributed by atoms with van der Waals surface area (Å²) in [6.07, 6.45) is 0. The third kappa shape index (κ3) is 5.08. The molecule has 0 aliphatic carbocycles. The van der Waals surface area contributed by atoms with Crippen molar-refractivity contribution in [3.8, 4) is 5.75 Å². The number of ether oxygens (including phenoxy) is 1. The van der Waals surface area contributed by atoms with Gasteiger partial charge in [0.25, 0.3) is 0 Å². The fourth-order valence-corrected chi connectivity index (χ4v) is 7.05. The normalized spacial score (nSPS) is 13.2. The van der Waals surface area contributed by atoms with E-state index in [0.29, 0.717) is 5.56 Å². The van der Waals surface area contributed by atoms with Crippen molar-refractivity contribution in [3.63, 3.8) is 0 Å². The second-order valence-corrected chi connectivity index (χ2v) is 12.9. The first-order valence-corrected chi connectivity index (χ1v) is 14.3. The lowest BCUT2D eigenvalue weighted by Gasteiger charge is -2.25. The van der Waals surface area contributed by atoms with Gasteiger partial charge in [-0.3, -0.25) is 9.59 Å². The van der Waals surface area contributed by atoms with Crippen LogP contribution in [0, 0.1) is 0 Å². The highest BCUT2D eigenvalue weighted by atomic mass is 35.5. The van der Waals surface area contributed by atoms with Gasteiger partial charge in [-0.2, -0.15) is 0 Å². The minimum atomic E-state index is -4.38. The second kappa shape index (κ2) is 11.2. The molecule has 1 unspecified atom stereocenters. The standard InChI is InChI=1S/C30H34ClO4P/c1-18(2)21-16-23(19(3)4)27(24(17-21)20(5)6)29(32)36(34,22-12-9-8-10-13-22)30(33)28-25(31)14-11-15-26(28)35-7/h8-20H,1-7H3. The molecule has 0 N–H and O–H groups in total. The fraction of sp³-hybridized carbons (Fsp3) is 0.333. The second-order valence-electron chi connectivity index (χ2n) is 9.91. The number of halogens is 1. The van der Waals surface area contributed by atoms with Crippen molar-refractivity contribution in [2.75, 3.05) is 7.11 Å². The van der Waals surface area contributed by atoms with Crippen molar-refractivity contribution in [2.24, 2.45) is 0 Å². The van der Waals surface area contributed by atoms with Gasteiger partial charge >= 0.3 is 0 Å². The van der Waals surface area contributed by atoms with Crippen molar-refractivity contribution >= 4 is 35.1 Å². The molecule has 0 fully saturated rings. The van der Waals surface area contributed by atoms with Crippen molar-refractivity contribution in [3.05, 3.63) is 93.5 Å². The highest BCUT2D eigenvalue weighted by Crippen LogP contribution is 2.55. The summed E-state index contributed by atoms with van der Waals surface area (Å²) in [5.41, 5.74) is 1.54. The van der Waals surface area contributed by atoms with Crippen molar-refractivity contribution in [1.82, 2.24) is 0 Å². The smallest absolute Gasteiger partial charge is 0.248 e. The molecule has 3 aromatic rings. The summed E-state index contributed by atoms with van der Waals surface area (Å²) < 4.78 is 20.4. The Labute approximate surface area is 219 Å². The SMILES string of the molecule is COc1cccc(Cl)c1C(=O)P(=O)(C(=O)c1c(C(C)C)cc(C(C)C)cc1C(C)C)c1ccccc1. The topological polar surface area (TPSA) is 60.4 Å². The van der Waals surface area contributed by atoms with E-state index >= 15 is 0 Å². The molecular formula is C30H34ClO4P. The van der Waals surface area contributed by atoms with Crippen molar-refractivity contribution in [2.45, 2.75) is 59.3 Å². The summed E-state index contributed by atoms with van der Waals surface area (Å²) in [7, 11) is -2.97. The van der Waals surface area contributed by atoms with Crippen LogP contribution in [0.5, 0.6) is 5.75 Å². The Kier molecular flexibility index (Phi) is 8.64. The molecule has 3 rings (SSSR count). The van der Waals surface area contributed by atoms with Crippen LogP contribution in [-0.4, -0.2) is 18.2 Å². The Bertz CT molecular complexity index is 1300. The molecule has 0 radical (unpaired) electrons. The molecule has 0 saturated heterocycles. The Balaban J connectivity index is 2.41. The molecule has 6 heteroatoms. The van der Waals surface area contributed by atoms with Crippen LogP contribution in [0.15, 0.2) is 60.7 Å². The highest BCUT2D eigenvalue weighted by Gasteiger charge is 2.46. The van der Waals surface area contributed by atoms with E-state index in [2.05, 4.69) is 13.8 Å². The number of benzene rings is 3. The highest BCUT2D eigenvalue weighted by molar-refractivity contribution is 8.01. The van der Waals surface area contributed by atoms with Gasteiger partial charge in [-0.1, -0.05) is 102 Å². The molecule has 0 saturated carbocycles. The van der Waals surface area contributed by atoms with Gasteiger partial charge in [-0.05, 0) is 46.6 Å². The van der Waals surface area contributed by atoms with Crippen LogP contribution in [0.1, 0.15) is 96.7 Å². The predicted octanol–water partition coefficient (Wildman–Crippen LogP) is 8.39. The van der Waals surface area contributed by atoms with E-state index < -0.39 is 18.2 Å². The quantitative estimate of drug-likeness (QED) is 0.264. The number of hydrogen-bond acceptors (Lipinski definition) is 4. The third-order valence-corrected chi connectivity index (χ3v) is 9.38. The largest absolute Gasteiger partial charge is 0.496 e. The summed E-state index contributed by atoms with van der Waals surface area (Å²) in [6, 6.07) is 17.1. The van der Waals surface area contributed by atoms with Crippen LogP contribution >= 0.6 is 18.7 Å². The number of carbonyl (C=O) groups is 2. The molecule has 0 heterocycles. The van der Waals surface area contributed by atoms with Crippen LogP contribution < -0.4 is 10.0 Å². The van der Waals surface area contributed by atoms with E-state index in [4.69, 9.17) is 16.3 Å². The van der Waals surface area contributed by atoms with E-state index in [0.717, 1.165) is 16.7 Å². The predicted molar refractivity (Wildman–Crippen MR) is 149 cm³/mol. The molecule has 190 valence electrons. The first kappa shape index (κ1) is 27.9. The van der Waals surface area contributed by atoms with Gasteiger partial charge in [0.05, 0.1) is 17.7 Å². The maximum absolute atomic E-state index is 15.0. The maximum Gasteiger partial charge on any atom is 0.248 e. The average molecular weight is 525 g/mol. The van der Waals surface area contributed by atoms with Crippen LogP contribution in [0.25, 0.3) is 0 Å². The zero-order valence-electron chi connectivity index (χ0n) is 22.0. The molecule has 0 aliphatic heterocycles. The summed E-state index contributed by atoms with van der Waals surface area (Å²) in [5, 5.41) is 0.269. The Morgan fingerprint density at radius 1 is 0.750 bits per heavy atom. The monoisotopic (exact) mass is 524 g/mol. The van der Waals surface area contributed by atoms with E-state index in [1.165, 1.54) is 13.2 Å². The molecule has 0 bridgehead atoms. The van der Waals surface area contributed by atoms with E-state index in [1.54, 1.807) is 42.5 Å². The lowest BCUT2D eigenvalue weighted by Crippen LogP contribution is -2.23. The zero-order valence-corrected chi connectivity index (χ0v) is 23.6. The van der Waals surface area contributed by atoms with Gasteiger partial charge in [0, 0.05) is 10.9 Å². The fourth-order valence-electron chi connectivity index (χ4n) is 4.36. The Morgan fingerprint density at radius 2 is 1.28 bits per heavy atom.